The monoisotopic (exact) mass is 397 g/mol. The molecule has 0 aromatic rings. The number of rotatable bonds is 4. The highest BCUT2D eigenvalue weighted by Gasteiger charge is 2.55. The van der Waals surface area contributed by atoms with Gasteiger partial charge in [0.1, 0.15) is 6.04 Å². The third kappa shape index (κ3) is 4.00. The van der Waals surface area contributed by atoms with Crippen LogP contribution in [0.15, 0.2) is 0 Å². The average Bonchev–Trinajstić information content (AvgIpc) is 2.57. The summed E-state index contributed by atoms with van der Waals surface area (Å²) in [5.41, 5.74) is -0.182. The normalized spacial score (nSPS) is 38.4. The largest absolute Gasteiger partial charge is 0.344 e. The molecule has 0 radical (unpaired) electrons. The predicted molar refractivity (Wildman–Crippen MR) is 109 cm³/mol. The summed E-state index contributed by atoms with van der Waals surface area (Å²) in [4.78, 5) is 28.4. The number of piperazine rings is 1. The minimum atomic E-state index is -0.388. The molecule has 2 unspecified atom stereocenters. The summed E-state index contributed by atoms with van der Waals surface area (Å²) in [6.07, 6.45) is 7.14. The van der Waals surface area contributed by atoms with Crippen molar-refractivity contribution in [3.8, 4) is 0 Å². The molecule has 154 valence electrons. The lowest BCUT2D eigenvalue weighted by Gasteiger charge is -2.56. The van der Waals surface area contributed by atoms with Gasteiger partial charge in [-0.3, -0.25) is 9.59 Å². The van der Waals surface area contributed by atoms with Crippen LogP contribution < -0.4 is 10.6 Å². The van der Waals surface area contributed by atoms with Gasteiger partial charge in [-0.15, -0.1) is 12.4 Å². The molecule has 5 nitrogen and oxygen atoms in total. The van der Waals surface area contributed by atoms with Gasteiger partial charge in [0.2, 0.25) is 11.8 Å². The van der Waals surface area contributed by atoms with Gasteiger partial charge in [-0.1, -0.05) is 13.8 Å². The van der Waals surface area contributed by atoms with Crippen LogP contribution in [-0.4, -0.2) is 48.4 Å². The van der Waals surface area contributed by atoms with Gasteiger partial charge in [-0.2, -0.15) is 0 Å². The molecule has 4 aliphatic carbocycles. The van der Waals surface area contributed by atoms with Gasteiger partial charge in [0.05, 0.1) is 0 Å². The summed E-state index contributed by atoms with van der Waals surface area (Å²) in [5.74, 6) is 2.63. The smallest absolute Gasteiger partial charge is 0.245 e. The first-order chi connectivity index (χ1) is 12.4. The van der Waals surface area contributed by atoms with E-state index in [0.717, 1.165) is 56.7 Å². The highest BCUT2D eigenvalue weighted by molar-refractivity contribution is 5.90. The molecule has 5 rings (SSSR count). The Hall–Kier alpha value is -0.810. The Balaban J connectivity index is 0.00000210. The Morgan fingerprint density at radius 1 is 1.07 bits per heavy atom. The van der Waals surface area contributed by atoms with E-state index in [1.165, 1.54) is 19.3 Å². The van der Waals surface area contributed by atoms with Crippen LogP contribution in [0.25, 0.3) is 0 Å². The average molecular weight is 398 g/mol. The van der Waals surface area contributed by atoms with Crippen LogP contribution in [0.5, 0.6) is 0 Å². The fraction of sp³-hybridized carbons (Fsp3) is 0.905. The maximum absolute atomic E-state index is 13.4. The SMILES string of the molecule is CC1CN(C(=O)C(NC(=O)C23CC4CC(CC(C4)C2)C3)C(C)C)CCN1.Cl. The Bertz CT molecular complexity index is 544. The minimum Gasteiger partial charge on any atom is -0.344 e. The first-order valence-corrected chi connectivity index (χ1v) is 10.7. The molecule has 2 N–H and O–H groups in total. The molecule has 1 aliphatic heterocycles. The van der Waals surface area contributed by atoms with Crippen molar-refractivity contribution < 1.29 is 9.59 Å². The summed E-state index contributed by atoms with van der Waals surface area (Å²) < 4.78 is 0. The van der Waals surface area contributed by atoms with E-state index in [1.54, 1.807) is 0 Å². The zero-order valence-electron chi connectivity index (χ0n) is 17.0. The van der Waals surface area contributed by atoms with Crippen molar-refractivity contribution >= 4 is 24.2 Å². The second-order valence-electron chi connectivity index (χ2n) is 10.0. The number of hydrogen-bond acceptors (Lipinski definition) is 3. The van der Waals surface area contributed by atoms with Crippen LogP contribution in [0.2, 0.25) is 0 Å². The number of hydrogen-bond donors (Lipinski definition) is 2. The van der Waals surface area contributed by atoms with E-state index in [0.29, 0.717) is 6.04 Å². The molecular weight excluding hydrogens is 362 g/mol. The van der Waals surface area contributed by atoms with Crippen molar-refractivity contribution in [2.24, 2.45) is 29.1 Å². The van der Waals surface area contributed by atoms with Crippen molar-refractivity contribution in [2.45, 2.75) is 71.4 Å². The fourth-order valence-electron chi connectivity index (χ4n) is 6.53. The van der Waals surface area contributed by atoms with E-state index in [9.17, 15) is 9.59 Å². The quantitative estimate of drug-likeness (QED) is 0.766. The zero-order chi connectivity index (χ0) is 18.5. The minimum absolute atomic E-state index is 0. The third-order valence-electron chi connectivity index (χ3n) is 7.42. The first-order valence-electron chi connectivity index (χ1n) is 10.7. The molecule has 0 aromatic heterocycles. The van der Waals surface area contributed by atoms with Crippen molar-refractivity contribution in [1.82, 2.24) is 15.5 Å². The molecule has 0 spiro atoms. The van der Waals surface area contributed by atoms with E-state index < -0.39 is 0 Å². The van der Waals surface area contributed by atoms with E-state index in [4.69, 9.17) is 0 Å². The van der Waals surface area contributed by atoms with E-state index in [-0.39, 0.29) is 41.6 Å². The van der Waals surface area contributed by atoms with Gasteiger partial charge >= 0.3 is 0 Å². The Morgan fingerprint density at radius 2 is 1.63 bits per heavy atom. The maximum atomic E-state index is 13.4. The van der Waals surface area contributed by atoms with Gasteiger partial charge in [0, 0.05) is 31.1 Å². The standard InChI is InChI=1S/C21H35N3O2.ClH/c1-13(2)18(19(25)24-5-4-22-14(3)12-24)23-20(26)21-9-15-6-16(10-21)8-17(7-15)11-21;/h13-18,22H,4-12H2,1-3H3,(H,23,26);1H. The molecule has 4 saturated carbocycles. The number of halogens is 1. The van der Waals surface area contributed by atoms with Gasteiger partial charge in [-0.05, 0) is 69.1 Å². The van der Waals surface area contributed by atoms with Crippen LogP contribution in [0.4, 0.5) is 0 Å². The van der Waals surface area contributed by atoms with Crippen molar-refractivity contribution in [1.29, 1.82) is 0 Å². The van der Waals surface area contributed by atoms with Crippen LogP contribution in [0.1, 0.15) is 59.3 Å². The lowest BCUT2D eigenvalue weighted by molar-refractivity contribution is -0.150. The Kier molecular flexibility index (Phi) is 6.12. The van der Waals surface area contributed by atoms with Gasteiger partial charge in [0.15, 0.2) is 0 Å². The number of amides is 2. The molecular formula is C21H36ClN3O2. The molecule has 4 bridgehead atoms. The third-order valence-corrected chi connectivity index (χ3v) is 7.42. The lowest BCUT2D eigenvalue weighted by atomic mass is 9.49. The highest BCUT2D eigenvalue weighted by atomic mass is 35.5. The Labute approximate surface area is 169 Å². The van der Waals surface area contributed by atoms with Crippen LogP contribution in [-0.2, 0) is 9.59 Å². The number of carbonyl (C=O) groups excluding carboxylic acids is 2. The van der Waals surface area contributed by atoms with Gasteiger partial charge < -0.3 is 15.5 Å². The first kappa shape index (κ1) is 20.9. The fourth-order valence-corrected chi connectivity index (χ4v) is 6.53. The van der Waals surface area contributed by atoms with Crippen LogP contribution in [0.3, 0.4) is 0 Å². The molecule has 2 amide bonds. The number of nitrogens with one attached hydrogen (secondary N) is 2. The molecule has 5 fully saturated rings. The van der Waals surface area contributed by atoms with Crippen molar-refractivity contribution in [2.75, 3.05) is 19.6 Å². The molecule has 2 atom stereocenters. The second-order valence-corrected chi connectivity index (χ2v) is 10.0. The molecule has 6 heteroatoms. The maximum Gasteiger partial charge on any atom is 0.245 e. The summed E-state index contributed by atoms with van der Waals surface area (Å²) in [6.45, 7) is 8.51. The van der Waals surface area contributed by atoms with E-state index >= 15 is 0 Å². The van der Waals surface area contributed by atoms with Crippen LogP contribution in [0, 0.1) is 29.1 Å². The second kappa shape index (κ2) is 7.90. The molecule has 0 aromatic carbocycles. The molecule has 5 aliphatic rings. The molecule has 1 heterocycles. The van der Waals surface area contributed by atoms with Crippen LogP contribution >= 0.6 is 12.4 Å². The summed E-state index contributed by atoms with van der Waals surface area (Å²) in [5, 5.41) is 6.62. The Morgan fingerprint density at radius 3 is 2.11 bits per heavy atom. The number of carbonyl (C=O) groups is 2. The lowest BCUT2D eigenvalue weighted by Crippen LogP contribution is -2.61. The van der Waals surface area contributed by atoms with Crippen molar-refractivity contribution in [3.05, 3.63) is 0 Å². The number of nitrogens with zero attached hydrogens (tertiary/aromatic N) is 1. The predicted octanol–water partition coefficient (Wildman–Crippen LogP) is 2.59. The summed E-state index contributed by atoms with van der Waals surface area (Å²) in [6, 6.07) is -0.0693. The van der Waals surface area contributed by atoms with Gasteiger partial charge in [-0.25, -0.2) is 0 Å². The van der Waals surface area contributed by atoms with E-state index in [1.807, 2.05) is 18.7 Å². The van der Waals surface area contributed by atoms with Crippen molar-refractivity contribution in [3.63, 3.8) is 0 Å². The molecule has 1 saturated heterocycles. The van der Waals surface area contributed by atoms with E-state index in [2.05, 4.69) is 17.6 Å². The van der Waals surface area contributed by atoms with Gasteiger partial charge in [0.25, 0.3) is 0 Å². The molecule has 27 heavy (non-hydrogen) atoms. The topological polar surface area (TPSA) is 61.4 Å². The summed E-state index contributed by atoms with van der Waals surface area (Å²) >= 11 is 0. The highest BCUT2D eigenvalue weighted by Crippen LogP contribution is 2.60. The summed E-state index contributed by atoms with van der Waals surface area (Å²) in [7, 11) is 0. The zero-order valence-corrected chi connectivity index (χ0v) is 17.8.